The van der Waals surface area contributed by atoms with E-state index in [1.54, 1.807) is 6.20 Å². The van der Waals surface area contributed by atoms with Gasteiger partial charge in [0.1, 0.15) is 11.3 Å². The average Bonchev–Trinajstić information content (AvgIpc) is 2.46. The van der Waals surface area contributed by atoms with E-state index in [0.717, 1.165) is 41.7 Å². The average molecular weight is 274 g/mol. The lowest BCUT2D eigenvalue weighted by Gasteiger charge is -2.21. The van der Waals surface area contributed by atoms with Gasteiger partial charge < -0.3 is 9.88 Å². The molecule has 5 nitrogen and oxygen atoms in total. The first kappa shape index (κ1) is 14.5. The molecule has 20 heavy (non-hydrogen) atoms. The van der Waals surface area contributed by atoms with Gasteiger partial charge in [0, 0.05) is 18.7 Å². The van der Waals surface area contributed by atoms with Crippen molar-refractivity contribution in [3.8, 4) is 0 Å². The summed E-state index contributed by atoms with van der Waals surface area (Å²) in [5.74, 6) is 0.796. The molecule has 0 saturated heterocycles. The maximum Gasteiger partial charge on any atom is 0.269 e. The van der Waals surface area contributed by atoms with Crippen molar-refractivity contribution in [2.24, 2.45) is 0 Å². The highest BCUT2D eigenvalue weighted by molar-refractivity contribution is 5.81. The first-order chi connectivity index (χ1) is 9.63. The van der Waals surface area contributed by atoms with E-state index >= 15 is 0 Å². The van der Waals surface area contributed by atoms with E-state index in [2.05, 4.69) is 29.1 Å². The van der Waals surface area contributed by atoms with Gasteiger partial charge in [-0.2, -0.15) is 0 Å². The van der Waals surface area contributed by atoms with Crippen LogP contribution in [0.15, 0.2) is 17.2 Å². The Morgan fingerprint density at radius 3 is 2.65 bits per heavy atom. The Morgan fingerprint density at radius 1 is 1.30 bits per heavy atom. The lowest BCUT2D eigenvalue weighted by molar-refractivity contribution is 0.447. The van der Waals surface area contributed by atoms with Gasteiger partial charge >= 0.3 is 0 Å². The molecular weight excluding hydrogens is 252 g/mol. The molecule has 0 aliphatic carbocycles. The van der Waals surface area contributed by atoms with Gasteiger partial charge in [-0.3, -0.25) is 4.79 Å². The van der Waals surface area contributed by atoms with Gasteiger partial charge in [0.2, 0.25) is 0 Å². The molecule has 2 aromatic heterocycles. The number of hydrogen-bond donors (Lipinski definition) is 1. The minimum atomic E-state index is -0.0332. The predicted octanol–water partition coefficient (Wildman–Crippen LogP) is 2.89. The summed E-state index contributed by atoms with van der Waals surface area (Å²) in [5, 5.41) is 3.07. The highest BCUT2D eigenvalue weighted by Gasteiger charge is 2.16. The van der Waals surface area contributed by atoms with E-state index in [-0.39, 0.29) is 11.6 Å². The minimum Gasteiger partial charge on any atom is -0.373 e. The lowest BCUT2D eigenvalue weighted by atomic mass is 10.1. The van der Waals surface area contributed by atoms with E-state index in [1.165, 1.54) is 6.20 Å². The van der Waals surface area contributed by atoms with E-state index < -0.39 is 0 Å². The summed E-state index contributed by atoms with van der Waals surface area (Å²) in [5.41, 5.74) is 2.62. The van der Waals surface area contributed by atoms with Crippen molar-refractivity contribution >= 4 is 16.9 Å². The monoisotopic (exact) mass is 274 g/mol. The quantitative estimate of drug-likeness (QED) is 0.910. The Morgan fingerprint density at radius 2 is 2.05 bits per heavy atom. The van der Waals surface area contributed by atoms with Gasteiger partial charge in [-0.05, 0) is 19.8 Å². The van der Waals surface area contributed by atoms with Gasteiger partial charge in [-0.25, -0.2) is 9.97 Å². The van der Waals surface area contributed by atoms with E-state index in [0.29, 0.717) is 0 Å². The summed E-state index contributed by atoms with van der Waals surface area (Å²) >= 11 is 0. The van der Waals surface area contributed by atoms with Crippen LogP contribution in [0.25, 0.3) is 11.0 Å². The number of fused-ring (bicyclic) bond motifs is 1. The third-order valence-corrected chi connectivity index (χ3v) is 3.76. The molecule has 0 radical (unpaired) electrons. The number of aromatic nitrogens is 3. The summed E-state index contributed by atoms with van der Waals surface area (Å²) in [6.45, 7) is 6.25. The van der Waals surface area contributed by atoms with Crippen LogP contribution in [0.4, 0.5) is 5.82 Å². The molecular formula is C15H22N4O. The number of anilines is 1. The first-order valence-corrected chi connectivity index (χ1v) is 7.18. The van der Waals surface area contributed by atoms with E-state index in [4.69, 9.17) is 0 Å². The highest BCUT2D eigenvalue weighted by Crippen LogP contribution is 2.25. The van der Waals surface area contributed by atoms with Crippen LogP contribution < -0.4 is 10.9 Å². The predicted molar refractivity (Wildman–Crippen MR) is 82.3 cm³/mol. The van der Waals surface area contributed by atoms with Crippen LogP contribution in [0.3, 0.4) is 0 Å². The van der Waals surface area contributed by atoms with Gasteiger partial charge in [0.05, 0.1) is 17.9 Å². The van der Waals surface area contributed by atoms with Gasteiger partial charge in [0.15, 0.2) is 0 Å². The number of rotatable bonds is 5. The third kappa shape index (κ3) is 2.40. The topological polar surface area (TPSA) is 59.8 Å². The molecule has 1 atom stereocenters. The Hall–Kier alpha value is -1.91. The summed E-state index contributed by atoms with van der Waals surface area (Å²) in [6.07, 6.45) is 6.11. The first-order valence-electron chi connectivity index (χ1n) is 7.18. The van der Waals surface area contributed by atoms with Gasteiger partial charge in [-0.15, -0.1) is 0 Å². The zero-order chi connectivity index (χ0) is 14.7. The van der Waals surface area contributed by atoms with Crippen LogP contribution in [-0.4, -0.2) is 21.6 Å². The Balaban J connectivity index is 2.79. The minimum absolute atomic E-state index is 0.0332. The Labute approximate surface area is 119 Å². The molecule has 2 heterocycles. The molecule has 2 aromatic rings. The zero-order valence-electron chi connectivity index (χ0n) is 12.6. The molecule has 1 N–H and O–H groups in total. The maximum atomic E-state index is 12.3. The van der Waals surface area contributed by atoms with Crippen molar-refractivity contribution in [3.63, 3.8) is 0 Å². The second-order valence-corrected chi connectivity index (χ2v) is 5.03. The molecule has 0 bridgehead atoms. The van der Waals surface area contributed by atoms with Crippen LogP contribution in [0.5, 0.6) is 0 Å². The summed E-state index contributed by atoms with van der Waals surface area (Å²) in [6, 6.07) is 0.212. The van der Waals surface area contributed by atoms with Crippen LogP contribution in [0.2, 0.25) is 0 Å². The standard InChI is InChI=1S/C15H22N4O/c1-5-7-11(6-2)19-13(20)9-17-12-8-18-15(16-4)10(3)14(12)19/h8-9,11H,5-7H2,1-4H3,(H,16,18). The summed E-state index contributed by atoms with van der Waals surface area (Å²) in [4.78, 5) is 20.9. The van der Waals surface area contributed by atoms with Crippen molar-refractivity contribution in [2.75, 3.05) is 12.4 Å². The molecule has 1 unspecified atom stereocenters. The van der Waals surface area contributed by atoms with Crippen molar-refractivity contribution in [1.82, 2.24) is 14.5 Å². The largest absolute Gasteiger partial charge is 0.373 e. The molecule has 0 saturated carbocycles. The number of hydrogen-bond acceptors (Lipinski definition) is 4. The molecule has 0 amide bonds. The molecule has 0 spiro atoms. The fourth-order valence-corrected chi connectivity index (χ4v) is 2.75. The van der Waals surface area contributed by atoms with E-state index in [9.17, 15) is 4.79 Å². The maximum absolute atomic E-state index is 12.3. The molecule has 0 aromatic carbocycles. The van der Waals surface area contributed by atoms with Gasteiger partial charge in [-0.1, -0.05) is 20.3 Å². The molecule has 0 aliphatic rings. The zero-order valence-corrected chi connectivity index (χ0v) is 12.6. The third-order valence-electron chi connectivity index (χ3n) is 3.76. The van der Waals surface area contributed by atoms with Gasteiger partial charge in [0.25, 0.3) is 5.56 Å². The summed E-state index contributed by atoms with van der Waals surface area (Å²) < 4.78 is 1.89. The lowest BCUT2D eigenvalue weighted by Crippen LogP contribution is -2.26. The molecule has 5 heteroatoms. The van der Waals surface area contributed by atoms with Crippen molar-refractivity contribution in [1.29, 1.82) is 0 Å². The van der Waals surface area contributed by atoms with Crippen molar-refractivity contribution in [3.05, 3.63) is 28.3 Å². The molecule has 0 fully saturated rings. The molecule has 2 rings (SSSR count). The van der Waals surface area contributed by atoms with Crippen LogP contribution in [-0.2, 0) is 0 Å². The fraction of sp³-hybridized carbons (Fsp3) is 0.533. The normalized spacial score (nSPS) is 12.6. The highest BCUT2D eigenvalue weighted by atomic mass is 16.1. The molecule has 108 valence electrons. The van der Waals surface area contributed by atoms with E-state index in [1.807, 2.05) is 18.5 Å². The SMILES string of the molecule is CCCC(CC)n1c(=O)cnc2cnc(NC)c(C)c21. The second kappa shape index (κ2) is 6.03. The number of aryl methyl sites for hydroxylation is 1. The Kier molecular flexibility index (Phi) is 4.37. The molecule has 0 aliphatic heterocycles. The number of nitrogens with one attached hydrogen (secondary N) is 1. The van der Waals surface area contributed by atoms with Crippen molar-refractivity contribution in [2.45, 2.75) is 46.1 Å². The summed E-state index contributed by atoms with van der Waals surface area (Å²) in [7, 11) is 1.84. The Bertz CT molecular complexity index is 663. The van der Waals surface area contributed by atoms with Crippen LogP contribution in [0.1, 0.15) is 44.7 Å². The van der Waals surface area contributed by atoms with Crippen molar-refractivity contribution < 1.29 is 0 Å². The number of pyridine rings is 1. The second-order valence-electron chi connectivity index (χ2n) is 5.03. The fourth-order valence-electron chi connectivity index (χ4n) is 2.75. The van der Waals surface area contributed by atoms with Crippen LogP contribution in [0, 0.1) is 6.92 Å². The smallest absolute Gasteiger partial charge is 0.269 e. The number of nitrogens with zero attached hydrogens (tertiary/aromatic N) is 3. The van der Waals surface area contributed by atoms with Crippen LogP contribution >= 0.6 is 0 Å².